The highest BCUT2D eigenvalue weighted by Crippen LogP contribution is 2.33. The molecule has 30 heavy (non-hydrogen) atoms. The minimum atomic E-state index is -0.186. The fourth-order valence-corrected chi connectivity index (χ4v) is 3.56. The Kier molecular flexibility index (Phi) is 5.40. The molecule has 0 atom stereocenters. The van der Waals surface area contributed by atoms with Crippen molar-refractivity contribution in [3.05, 3.63) is 99.2 Å². The zero-order chi connectivity index (χ0) is 21.3. The predicted octanol–water partition coefficient (Wildman–Crippen LogP) is 6.99. The minimum absolute atomic E-state index is 0.0364. The summed E-state index contributed by atoms with van der Waals surface area (Å²) in [6, 6.07) is 22.7. The average Bonchev–Trinajstić information content (AvgIpc) is 2.72. The van der Waals surface area contributed by atoms with Crippen LogP contribution in [0.5, 0.6) is 5.75 Å². The smallest absolute Gasteiger partial charge is 0.235 e. The Balaban J connectivity index is 1.81. The van der Waals surface area contributed by atoms with Crippen LogP contribution in [0.1, 0.15) is 31.9 Å². The van der Waals surface area contributed by atoms with Crippen LogP contribution in [-0.2, 0) is 12.0 Å². The number of hydrogen-bond acceptors (Lipinski definition) is 3. The number of halogens is 1. The minimum Gasteiger partial charge on any atom is -0.481 e. The molecular weight excluding hydrogens is 396 g/mol. The van der Waals surface area contributed by atoms with Crippen molar-refractivity contribution in [3.63, 3.8) is 0 Å². The van der Waals surface area contributed by atoms with Gasteiger partial charge in [0, 0.05) is 10.6 Å². The van der Waals surface area contributed by atoms with Crippen molar-refractivity contribution >= 4 is 22.6 Å². The molecule has 4 heteroatoms. The summed E-state index contributed by atoms with van der Waals surface area (Å²) in [5, 5.41) is 1.12. The van der Waals surface area contributed by atoms with Crippen LogP contribution in [0.2, 0.25) is 5.02 Å². The first-order valence-corrected chi connectivity index (χ1v) is 10.2. The second-order valence-corrected chi connectivity index (χ2v) is 8.77. The molecule has 3 nitrogen and oxygen atoms in total. The van der Waals surface area contributed by atoms with E-state index in [1.165, 1.54) is 5.56 Å². The van der Waals surface area contributed by atoms with Crippen molar-refractivity contribution in [1.82, 2.24) is 0 Å². The van der Waals surface area contributed by atoms with Gasteiger partial charge in [-0.2, -0.15) is 0 Å². The highest BCUT2D eigenvalue weighted by Gasteiger charge is 2.19. The maximum absolute atomic E-state index is 13.2. The van der Waals surface area contributed by atoms with E-state index in [1.54, 1.807) is 18.2 Å². The number of hydrogen-bond donors (Lipinski definition) is 0. The molecule has 1 heterocycles. The summed E-state index contributed by atoms with van der Waals surface area (Å²) in [5.74, 6) is 0.637. The van der Waals surface area contributed by atoms with E-state index >= 15 is 0 Å². The van der Waals surface area contributed by atoms with Gasteiger partial charge in [0.2, 0.25) is 11.2 Å². The van der Waals surface area contributed by atoms with Gasteiger partial charge in [-0.3, -0.25) is 4.79 Å². The normalized spacial score (nSPS) is 11.6. The highest BCUT2D eigenvalue weighted by molar-refractivity contribution is 6.30. The van der Waals surface area contributed by atoms with E-state index in [9.17, 15) is 4.79 Å². The van der Waals surface area contributed by atoms with Crippen LogP contribution in [0, 0.1) is 0 Å². The Bertz CT molecular complexity index is 1250. The third-order valence-electron chi connectivity index (χ3n) is 5.04. The Morgan fingerprint density at radius 1 is 0.933 bits per heavy atom. The zero-order valence-corrected chi connectivity index (χ0v) is 18.0. The Morgan fingerprint density at radius 3 is 2.37 bits per heavy atom. The molecule has 0 N–H and O–H groups in total. The van der Waals surface area contributed by atoms with Crippen LogP contribution in [0.4, 0.5) is 0 Å². The summed E-state index contributed by atoms with van der Waals surface area (Å²) in [4.78, 5) is 13.2. The van der Waals surface area contributed by atoms with Crippen molar-refractivity contribution in [2.75, 3.05) is 0 Å². The molecule has 0 unspecified atom stereocenters. The lowest BCUT2D eigenvalue weighted by Crippen LogP contribution is -2.11. The number of benzene rings is 3. The van der Waals surface area contributed by atoms with Gasteiger partial charge < -0.3 is 9.15 Å². The van der Waals surface area contributed by atoms with E-state index in [4.69, 9.17) is 20.8 Å². The van der Waals surface area contributed by atoms with Crippen molar-refractivity contribution in [3.8, 4) is 17.1 Å². The van der Waals surface area contributed by atoms with Crippen LogP contribution in [0.25, 0.3) is 22.3 Å². The molecule has 0 radical (unpaired) electrons. The number of rotatable bonds is 4. The summed E-state index contributed by atoms with van der Waals surface area (Å²) < 4.78 is 12.2. The van der Waals surface area contributed by atoms with Gasteiger partial charge in [-0.25, -0.2) is 0 Å². The van der Waals surface area contributed by atoms with E-state index in [-0.39, 0.29) is 23.2 Å². The van der Waals surface area contributed by atoms with Gasteiger partial charge in [0.25, 0.3) is 0 Å². The number of fused-ring (bicyclic) bond motifs is 1. The van der Waals surface area contributed by atoms with Crippen molar-refractivity contribution in [2.45, 2.75) is 32.8 Å². The molecular formula is C26H23ClO3. The summed E-state index contributed by atoms with van der Waals surface area (Å²) in [6.07, 6.45) is 0. The molecule has 0 saturated carbocycles. The van der Waals surface area contributed by atoms with Gasteiger partial charge in [-0.1, -0.05) is 80.9 Å². The first-order valence-electron chi connectivity index (χ1n) is 9.87. The van der Waals surface area contributed by atoms with Gasteiger partial charge in [0.15, 0.2) is 5.76 Å². The number of para-hydroxylation sites is 1. The number of ether oxygens (including phenoxy) is 1. The van der Waals surface area contributed by atoms with Gasteiger partial charge in [0.05, 0.1) is 5.39 Å². The Morgan fingerprint density at radius 2 is 1.67 bits per heavy atom. The van der Waals surface area contributed by atoms with Crippen LogP contribution in [-0.4, -0.2) is 0 Å². The monoisotopic (exact) mass is 418 g/mol. The molecule has 152 valence electrons. The summed E-state index contributed by atoms with van der Waals surface area (Å²) in [6.45, 7) is 6.71. The Hall–Kier alpha value is -3.04. The molecule has 0 saturated heterocycles. The summed E-state index contributed by atoms with van der Waals surface area (Å²) in [5.41, 5.74) is 3.27. The topological polar surface area (TPSA) is 39.4 Å². The van der Waals surface area contributed by atoms with E-state index in [2.05, 4.69) is 32.9 Å². The molecule has 0 amide bonds. The quantitative estimate of drug-likeness (QED) is 0.358. The third-order valence-corrected chi connectivity index (χ3v) is 5.28. The molecule has 1 aromatic heterocycles. The molecule has 3 aromatic carbocycles. The van der Waals surface area contributed by atoms with Crippen molar-refractivity contribution < 1.29 is 9.15 Å². The first kappa shape index (κ1) is 20.2. The zero-order valence-electron chi connectivity index (χ0n) is 17.2. The van der Waals surface area contributed by atoms with Gasteiger partial charge in [0.1, 0.15) is 12.2 Å². The Labute approximate surface area is 180 Å². The largest absolute Gasteiger partial charge is 0.481 e. The van der Waals surface area contributed by atoms with E-state index in [0.29, 0.717) is 21.8 Å². The predicted molar refractivity (Wildman–Crippen MR) is 122 cm³/mol. The van der Waals surface area contributed by atoms with Crippen LogP contribution in [0.3, 0.4) is 0 Å². The highest BCUT2D eigenvalue weighted by atomic mass is 35.5. The van der Waals surface area contributed by atoms with Crippen LogP contribution >= 0.6 is 11.6 Å². The van der Waals surface area contributed by atoms with Crippen molar-refractivity contribution in [1.29, 1.82) is 0 Å². The molecule has 0 aliphatic rings. The van der Waals surface area contributed by atoms with E-state index < -0.39 is 0 Å². The fourth-order valence-electron chi connectivity index (χ4n) is 3.35. The average molecular weight is 419 g/mol. The van der Waals surface area contributed by atoms with Gasteiger partial charge >= 0.3 is 0 Å². The third kappa shape index (κ3) is 4.12. The fraction of sp³-hybridized carbons (Fsp3) is 0.192. The lowest BCUT2D eigenvalue weighted by Gasteiger charge is -2.19. The van der Waals surface area contributed by atoms with Crippen LogP contribution < -0.4 is 10.2 Å². The maximum Gasteiger partial charge on any atom is 0.235 e. The SMILES string of the molecule is CC(C)(C)c1ccc(-c2oc3ccccc3c(=O)c2OCc2cccc(Cl)c2)cc1. The van der Waals surface area contributed by atoms with E-state index in [0.717, 1.165) is 11.1 Å². The molecule has 0 bridgehead atoms. The lowest BCUT2D eigenvalue weighted by atomic mass is 9.86. The van der Waals surface area contributed by atoms with Crippen LogP contribution in [0.15, 0.2) is 82.0 Å². The summed E-state index contributed by atoms with van der Waals surface area (Å²) in [7, 11) is 0. The molecule has 0 aliphatic carbocycles. The molecule has 4 aromatic rings. The lowest BCUT2D eigenvalue weighted by molar-refractivity contribution is 0.298. The standard InChI is InChI=1S/C26H23ClO3/c1-26(2,3)19-13-11-18(12-14-19)24-25(29-16-17-7-6-8-20(27)15-17)23(28)21-9-4-5-10-22(21)30-24/h4-15H,16H2,1-3H3. The molecule has 0 fully saturated rings. The molecule has 4 rings (SSSR count). The second-order valence-electron chi connectivity index (χ2n) is 8.33. The van der Waals surface area contributed by atoms with E-state index in [1.807, 2.05) is 42.5 Å². The molecule has 0 spiro atoms. The van der Waals surface area contributed by atoms with Crippen molar-refractivity contribution in [2.24, 2.45) is 0 Å². The second kappa shape index (κ2) is 8.00. The maximum atomic E-state index is 13.2. The van der Waals surface area contributed by atoms with Gasteiger partial charge in [-0.05, 0) is 40.8 Å². The summed E-state index contributed by atoms with van der Waals surface area (Å²) >= 11 is 6.08. The van der Waals surface area contributed by atoms with Gasteiger partial charge in [-0.15, -0.1) is 0 Å². The molecule has 0 aliphatic heterocycles. The first-order chi connectivity index (χ1) is 14.3.